The van der Waals surface area contributed by atoms with Crippen LogP contribution < -0.4 is 0 Å². The third-order valence-electron chi connectivity index (χ3n) is 2.90. The molecule has 0 saturated carbocycles. The van der Waals surface area contributed by atoms with E-state index < -0.39 is 5.97 Å². The normalized spacial score (nSPS) is 26.0. The van der Waals surface area contributed by atoms with E-state index in [0.717, 1.165) is 18.6 Å². The second kappa shape index (κ2) is 5.65. The summed E-state index contributed by atoms with van der Waals surface area (Å²) in [5, 5.41) is 18.0. The quantitative estimate of drug-likeness (QED) is 0.677. The Balaban J connectivity index is 2.55. The molecule has 1 aliphatic heterocycles. The van der Waals surface area contributed by atoms with Crippen LogP contribution in [0.4, 0.5) is 0 Å². The number of carbonyl (C=O) groups excluding carboxylic acids is 1. The molecule has 2 atom stereocenters. The van der Waals surface area contributed by atoms with Crippen LogP contribution in [0.2, 0.25) is 0 Å². The van der Waals surface area contributed by atoms with Gasteiger partial charge in [0.1, 0.15) is 0 Å². The lowest BCUT2D eigenvalue weighted by molar-refractivity contribution is -0.133. The molecule has 5 heteroatoms. The average molecular weight is 227 g/mol. The smallest absolute Gasteiger partial charge is 0.328 e. The van der Waals surface area contributed by atoms with E-state index in [0.29, 0.717) is 19.5 Å². The van der Waals surface area contributed by atoms with Gasteiger partial charge in [-0.1, -0.05) is 6.92 Å². The standard InChI is InChI=1S/C11H17NO4/c1-2-8-7-12(6-5-9(8)13)10(14)3-4-11(15)16/h3-4,8-9,13H,2,5-7H2,1H3,(H,15,16)/b4-3+/t8-,9+/m1/s1. The number of carbonyl (C=O) groups is 2. The van der Waals surface area contributed by atoms with Crippen LogP contribution >= 0.6 is 0 Å². The van der Waals surface area contributed by atoms with E-state index in [-0.39, 0.29) is 17.9 Å². The fourth-order valence-electron chi connectivity index (χ4n) is 1.87. The van der Waals surface area contributed by atoms with Gasteiger partial charge < -0.3 is 15.1 Å². The van der Waals surface area contributed by atoms with Crippen LogP contribution in [0.25, 0.3) is 0 Å². The number of carboxylic acids is 1. The number of amides is 1. The summed E-state index contributed by atoms with van der Waals surface area (Å²) in [6, 6.07) is 0. The lowest BCUT2D eigenvalue weighted by Crippen LogP contribution is -2.45. The SMILES string of the molecule is CC[C@@H]1CN(C(=O)/C=C/C(=O)O)CC[C@@H]1O. The molecule has 0 unspecified atom stereocenters. The van der Waals surface area contributed by atoms with E-state index in [1.807, 2.05) is 6.92 Å². The van der Waals surface area contributed by atoms with Crippen LogP contribution in [0.1, 0.15) is 19.8 Å². The minimum atomic E-state index is -1.13. The van der Waals surface area contributed by atoms with Crippen LogP contribution in [0.5, 0.6) is 0 Å². The van der Waals surface area contributed by atoms with Crippen LogP contribution in [-0.4, -0.2) is 46.2 Å². The van der Waals surface area contributed by atoms with Crippen LogP contribution in [0, 0.1) is 5.92 Å². The molecule has 16 heavy (non-hydrogen) atoms. The summed E-state index contributed by atoms with van der Waals surface area (Å²) in [4.78, 5) is 23.4. The van der Waals surface area contributed by atoms with Gasteiger partial charge in [0.15, 0.2) is 0 Å². The molecular formula is C11H17NO4. The number of aliphatic hydroxyl groups is 1. The maximum atomic E-state index is 11.6. The molecule has 0 radical (unpaired) electrons. The van der Waals surface area contributed by atoms with Gasteiger partial charge in [-0.2, -0.15) is 0 Å². The Morgan fingerprint density at radius 3 is 2.69 bits per heavy atom. The predicted octanol–water partition coefficient (Wildman–Crippen LogP) is 0.247. The van der Waals surface area contributed by atoms with Crippen molar-refractivity contribution in [3.05, 3.63) is 12.2 Å². The van der Waals surface area contributed by atoms with Gasteiger partial charge in [-0.25, -0.2) is 4.79 Å². The van der Waals surface area contributed by atoms with E-state index in [1.165, 1.54) is 0 Å². The lowest BCUT2D eigenvalue weighted by atomic mass is 9.92. The number of hydrogen-bond acceptors (Lipinski definition) is 3. The Hall–Kier alpha value is -1.36. The van der Waals surface area contributed by atoms with E-state index in [4.69, 9.17) is 5.11 Å². The molecule has 0 aromatic carbocycles. The van der Waals surface area contributed by atoms with Gasteiger partial charge in [0.05, 0.1) is 6.10 Å². The van der Waals surface area contributed by atoms with E-state index >= 15 is 0 Å². The zero-order valence-electron chi connectivity index (χ0n) is 9.30. The third-order valence-corrected chi connectivity index (χ3v) is 2.90. The van der Waals surface area contributed by atoms with Gasteiger partial charge in [-0.3, -0.25) is 4.79 Å². The number of carboxylic acid groups (broad SMARTS) is 1. The molecule has 1 amide bonds. The minimum absolute atomic E-state index is 0.0935. The largest absolute Gasteiger partial charge is 0.478 e. The van der Waals surface area contributed by atoms with Crippen molar-refractivity contribution in [2.45, 2.75) is 25.9 Å². The molecule has 0 aromatic heterocycles. The van der Waals surface area contributed by atoms with Crippen molar-refractivity contribution in [2.24, 2.45) is 5.92 Å². The van der Waals surface area contributed by atoms with Gasteiger partial charge in [0.2, 0.25) is 5.91 Å². The van der Waals surface area contributed by atoms with Crippen molar-refractivity contribution in [3.63, 3.8) is 0 Å². The third kappa shape index (κ3) is 3.34. The van der Waals surface area contributed by atoms with Gasteiger partial charge in [-0.15, -0.1) is 0 Å². The van der Waals surface area contributed by atoms with Crippen molar-refractivity contribution in [2.75, 3.05) is 13.1 Å². The Morgan fingerprint density at radius 2 is 2.12 bits per heavy atom. The second-order valence-electron chi connectivity index (χ2n) is 3.98. The zero-order chi connectivity index (χ0) is 12.1. The average Bonchev–Trinajstić information content (AvgIpc) is 2.26. The number of aliphatic hydroxyl groups excluding tert-OH is 1. The molecule has 90 valence electrons. The number of hydrogen-bond donors (Lipinski definition) is 2. The molecule has 1 saturated heterocycles. The molecule has 1 aliphatic rings. The summed E-state index contributed by atoms with van der Waals surface area (Å²) in [7, 11) is 0. The van der Waals surface area contributed by atoms with Crippen LogP contribution in [0.15, 0.2) is 12.2 Å². The van der Waals surface area contributed by atoms with Crippen molar-refractivity contribution in [1.82, 2.24) is 4.90 Å². The first-order valence-corrected chi connectivity index (χ1v) is 5.42. The summed E-state index contributed by atoms with van der Waals surface area (Å²) >= 11 is 0. The highest BCUT2D eigenvalue weighted by atomic mass is 16.4. The first-order chi connectivity index (χ1) is 7.54. The van der Waals surface area contributed by atoms with Gasteiger partial charge in [0, 0.05) is 31.2 Å². The molecule has 0 aliphatic carbocycles. The Labute approximate surface area is 94.4 Å². The Morgan fingerprint density at radius 1 is 1.44 bits per heavy atom. The molecule has 1 heterocycles. The first-order valence-electron chi connectivity index (χ1n) is 5.42. The summed E-state index contributed by atoms with van der Waals surface area (Å²) < 4.78 is 0. The van der Waals surface area contributed by atoms with E-state index in [1.54, 1.807) is 4.90 Å². The first kappa shape index (κ1) is 12.7. The Kier molecular flexibility index (Phi) is 4.49. The maximum Gasteiger partial charge on any atom is 0.328 e. The molecule has 5 nitrogen and oxygen atoms in total. The van der Waals surface area contributed by atoms with E-state index in [2.05, 4.69) is 0 Å². The molecule has 0 spiro atoms. The number of rotatable bonds is 3. The molecule has 1 rings (SSSR count). The summed E-state index contributed by atoms with van der Waals surface area (Å²) in [6.45, 7) is 2.95. The van der Waals surface area contributed by atoms with Crippen molar-refractivity contribution in [3.8, 4) is 0 Å². The summed E-state index contributed by atoms with van der Waals surface area (Å²) in [5.74, 6) is -1.33. The molecule has 1 fully saturated rings. The summed E-state index contributed by atoms with van der Waals surface area (Å²) in [6.07, 6.45) is 2.93. The van der Waals surface area contributed by atoms with Gasteiger partial charge in [-0.05, 0) is 12.8 Å². The minimum Gasteiger partial charge on any atom is -0.478 e. The van der Waals surface area contributed by atoms with Crippen molar-refractivity contribution < 1.29 is 19.8 Å². The number of nitrogens with zero attached hydrogens (tertiary/aromatic N) is 1. The highest BCUT2D eigenvalue weighted by molar-refractivity contribution is 5.93. The maximum absolute atomic E-state index is 11.6. The predicted molar refractivity (Wildman–Crippen MR) is 57.8 cm³/mol. The molecular weight excluding hydrogens is 210 g/mol. The second-order valence-corrected chi connectivity index (χ2v) is 3.98. The monoisotopic (exact) mass is 227 g/mol. The number of aliphatic carboxylic acids is 1. The number of piperidine rings is 1. The Bertz CT molecular complexity index is 300. The fourth-order valence-corrected chi connectivity index (χ4v) is 1.87. The fraction of sp³-hybridized carbons (Fsp3) is 0.636. The topological polar surface area (TPSA) is 77.8 Å². The van der Waals surface area contributed by atoms with Crippen LogP contribution in [-0.2, 0) is 9.59 Å². The van der Waals surface area contributed by atoms with Gasteiger partial charge in [0.25, 0.3) is 0 Å². The van der Waals surface area contributed by atoms with E-state index in [9.17, 15) is 14.7 Å². The highest BCUT2D eigenvalue weighted by Gasteiger charge is 2.27. The lowest BCUT2D eigenvalue weighted by Gasteiger charge is -2.35. The molecule has 0 bridgehead atoms. The van der Waals surface area contributed by atoms with Crippen LogP contribution in [0.3, 0.4) is 0 Å². The summed E-state index contributed by atoms with van der Waals surface area (Å²) in [5.41, 5.74) is 0. The van der Waals surface area contributed by atoms with Crippen molar-refractivity contribution in [1.29, 1.82) is 0 Å². The molecule has 0 aromatic rings. The zero-order valence-corrected chi connectivity index (χ0v) is 9.30. The van der Waals surface area contributed by atoms with Crippen molar-refractivity contribution >= 4 is 11.9 Å². The molecule has 2 N–H and O–H groups in total. The number of likely N-dealkylation sites (tertiary alicyclic amines) is 1. The highest BCUT2D eigenvalue weighted by Crippen LogP contribution is 2.20. The van der Waals surface area contributed by atoms with Gasteiger partial charge >= 0.3 is 5.97 Å².